The van der Waals surface area contributed by atoms with Crippen molar-refractivity contribution in [3.8, 4) is 5.69 Å². The first-order valence-corrected chi connectivity index (χ1v) is 8.54. The van der Waals surface area contributed by atoms with E-state index >= 15 is 0 Å². The largest absolute Gasteiger partial charge is 0.325 e. The SMILES string of the molecule is CCCCN(CCCC)C(=O)Nc1ccc(-n2cccc2)cc1. The van der Waals surface area contributed by atoms with E-state index in [4.69, 9.17) is 0 Å². The van der Waals surface area contributed by atoms with Crippen LogP contribution in [-0.4, -0.2) is 28.6 Å². The highest BCUT2D eigenvalue weighted by Crippen LogP contribution is 2.14. The quantitative estimate of drug-likeness (QED) is 0.738. The second-order valence-electron chi connectivity index (χ2n) is 5.76. The van der Waals surface area contributed by atoms with Crippen molar-refractivity contribution in [1.82, 2.24) is 9.47 Å². The Morgan fingerprint density at radius 2 is 1.57 bits per heavy atom. The minimum absolute atomic E-state index is 0.000569. The van der Waals surface area contributed by atoms with E-state index in [2.05, 4.69) is 19.2 Å². The third-order valence-corrected chi connectivity index (χ3v) is 3.87. The van der Waals surface area contributed by atoms with Gasteiger partial charge in [0.2, 0.25) is 0 Å². The third kappa shape index (κ3) is 5.16. The Morgan fingerprint density at radius 1 is 1.00 bits per heavy atom. The molecule has 4 heteroatoms. The van der Waals surface area contributed by atoms with Crippen molar-refractivity contribution in [2.45, 2.75) is 39.5 Å². The molecule has 23 heavy (non-hydrogen) atoms. The molecule has 2 rings (SSSR count). The number of nitrogens with zero attached hydrogens (tertiary/aromatic N) is 2. The molecule has 1 N–H and O–H groups in total. The van der Waals surface area contributed by atoms with Crippen molar-refractivity contribution in [3.05, 3.63) is 48.8 Å². The summed E-state index contributed by atoms with van der Waals surface area (Å²) in [6, 6.07) is 11.9. The summed E-state index contributed by atoms with van der Waals surface area (Å²) in [6.07, 6.45) is 8.30. The fraction of sp³-hybridized carbons (Fsp3) is 0.421. The molecule has 2 amide bonds. The van der Waals surface area contributed by atoms with E-state index in [0.717, 1.165) is 50.1 Å². The van der Waals surface area contributed by atoms with Gasteiger partial charge in [0.25, 0.3) is 0 Å². The number of urea groups is 1. The minimum Gasteiger partial charge on any atom is -0.325 e. The smallest absolute Gasteiger partial charge is 0.321 e. The number of carbonyl (C=O) groups excluding carboxylic acids is 1. The summed E-state index contributed by atoms with van der Waals surface area (Å²) in [7, 11) is 0. The van der Waals surface area contributed by atoms with Crippen LogP contribution >= 0.6 is 0 Å². The first-order chi connectivity index (χ1) is 11.2. The van der Waals surface area contributed by atoms with Gasteiger partial charge < -0.3 is 14.8 Å². The predicted octanol–water partition coefficient (Wildman–Crippen LogP) is 4.91. The summed E-state index contributed by atoms with van der Waals surface area (Å²) in [5.74, 6) is 0. The molecule has 0 radical (unpaired) electrons. The average Bonchev–Trinajstić information content (AvgIpc) is 3.10. The van der Waals surface area contributed by atoms with Gasteiger partial charge in [-0.05, 0) is 49.2 Å². The van der Waals surface area contributed by atoms with E-state index in [1.54, 1.807) is 0 Å². The Kier molecular flexibility index (Phi) is 6.73. The van der Waals surface area contributed by atoms with Crippen LogP contribution in [0, 0.1) is 0 Å². The highest BCUT2D eigenvalue weighted by atomic mass is 16.2. The first kappa shape index (κ1) is 17.1. The van der Waals surface area contributed by atoms with E-state index in [1.165, 1.54) is 0 Å². The second kappa shape index (κ2) is 9.03. The Labute approximate surface area is 139 Å². The molecule has 0 atom stereocenters. The molecule has 124 valence electrons. The van der Waals surface area contributed by atoms with Crippen LogP contribution in [0.15, 0.2) is 48.8 Å². The van der Waals surface area contributed by atoms with Gasteiger partial charge in [0.15, 0.2) is 0 Å². The van der Waals surface area contributed by atoms with Crippen LogP contribution in [0.2, 0.25) is 0 Å². The zero-order valence-corrected chi connectivity index (χ0v) is 14.2. The lowest BCUT2D eigenvalue weighted by molar-refractivity contribution is 0.210. The Bertz CT molecular complexity index is 567. The average molecular weight is 313 g/mol. The van der Waals surface area contributed by atoms with Crippen LogP contribution in [0.4, 0.5) is 10.5 Å². The molecule has 0 bridgehead atoms. The number of nitrogens with one attached hydrogen (secondary N) is 1. The number of aromatic nitrogens is 1. The maximum absolute atomic E-state index is 12.4. The lowest BCUT2D eigenvalue weighted by Crippen LogP contribution is -2.36. The summed E-state index contributed by atoms with van der Waals surface area (Å²) in [4.78, 5) is 14.4. The fourth-order valence-electron chi connectivity index (χ4n) is 2.44. The summed E-state index contributed by atoms with van der Waals surface area (Å²) in [5, 5.41) is 3.01. The van der Waals surface area contributed by atoms with Gasteiger partial charge in [0.05, 0.1) is 0 Å². The molecule has 0 spiro atoms. The molecular weight excluding hydrogens is 286 g/mol. The van der Waals surface area contributed by atoms with E-state index in [1.807, 2.05) is 58.3 Å². The normalized spacial score (nSPS) is 10.5. The van der Waals surface area contributed by atoms with Gasteiger partial charge in [-0.2, -0.15) is 0 Å². The van der Waals surface area contributed by atoms with Crippen molar-refractivity contribution in [3.63, 3.8) is 0 Å². The highest BCUT2D eigenvalue weighted by Gasteiger charge is 2.12. The maximum atomic E-state index is 12.4. The second-order valence-corrected chi connectivity index (χ2v) is 5.76. The number of hydrogen-bond acceptors (Lipinski definition) is 1. The molecule has 0 aliphatic heterocycles. The van der Waals surface area contributed by atoms with Crippen LogP contribution in [0.5, 0.6) is 0 Å². The van der Waals surface area contributed by atoms with Crippen LogP contribution in [0.25, 0.3) is 5.69 Å². The molecule has 2 aromatic rings. The Morgan fingerprint density at radius 3 is 2.09 bits per heavy atom. The lowest BCUT2D eigenvalue weighted by atomic mass is 10.2. The summed E-state index contributed by atoms with van der Waals surface area (Å²) >= 11 is 0. The molecule has 0 aliphatic rings. The van der Waals surface area contributed by atoms with Gasteiger partial charge in [-0.3, -0.25) is 0 Å². The molecule has 4 nitrogen and oxygen atoms in total. The van der Waals surface area contributed by atoms with Crippen LogP contribution in [0.3, 0.4) is 0 Å². The van der Waals surface area contributed by atoms with E-state index in [-0.39, 0.29) is 6.03 Å². The number of amides is 2. The van der Waals surface area contributed by atoms with Gasteiger partial charge in [0.1, 0.15) is 0 Å². The predicted molar refractivity (Wildman–Crippen MR) is 96.2 cm³/mol. The standard InChI is InChI=1S/C19H27N3O/c1-3-5-13-22(14-6-4-2)19(23)20-17-9-11-18(12-10-17)21-15-7-8-16-21/h7-12,15-16H,3-6,13-14H2,1-2H3,(H,20,23). The summed E-state index contributed by atoms with van der Waals surface area (Å²) < 4.78 is 2.04. The number of unbranched alkanes of at least 4 members (excludes halogenated alkanes) is 2. The maximum Gasteiger partial charge on any atom is 0.321 e. The van der Waals surface area contributed by atoms with Crippen molar-refractivity contribution in [2.75, 3.05) is 18.4 Å². The number of benzene rings is 1. The molecular formula is C19H27N3O. The van der Waals surface area contributed by atoms with Crippen LogP contribution < -0.4 is 5.32 Å². The Hall–Kier alpha value is -2.23. The van der Waals surface area contributed by atoms with Gasteiger partial charge in [-0.25, -0.2) is 4.79 Å². The van der Waals surface area contributed by atoms with Gasteiger partial charge in [-0.15, -0.1) is 0 Å². The Balaban J connectivity index is 1.96. The summed E-state index contributed by atoms with van der Waals surface area (Å²) in [6.45, 7) is 5.94. The fourth-order valence-corrected chi connectivity index (χ4v) is 2.44. The van der Waals surface area contributed by atoms with Gasteiger partial charge in [-0.1, -0.05) is 26.7 Å². The monoisotopic (exact) mass is 313 g/mol. The van der Waals surface area contributed by atoms with E-state index in [9.17, 15) is 4.79 Å². The van der Waals surface area contributed by atoms with Crippen LogP contribution in [0.1, 0.15) is 39.5 Å². The highest BCUT2D eigenvalue weighted by molar-refractivity contribution is 5.89. The third-order valence-electron chi connectivity index (χ3n) is 3.87. The van der Waals surface area contributed by atoms with Gasteiger partial charge in [0, 0.05) is 36.9 Å². The van der Waals surface area contributed by atoms with Crippen LogP contribution in [-0.2, 0) is 0 Å². The molecule has 1 heterocycles. The molecule has 0 fully saturated rings. The van der Waals surface area contributed by atoms with Gasteiger partial charge >= 0.3 is 6.03 Å². The summed E-state index contributed by atoms with van der Waals surface area (Å²) in [5.41, 5.74) is 1.92. The molecule has 1 aromatic carbocycles. The minimum atomic E-state index is 0.000569. The van der Waals surface area contributed by atoms with E-state index < -0.39 is 0 Å². The number of carbonyl (C=O) groups is 1. The molecule has 0 aliphatic carbocycles. The lowest BCUT2D eigenvalue weighted by Gasteiger charge is -2.23. The topological polar surface area (TPSA) is 37.3 Å². The van der Waals surface area contributed by atoms with Crippen molar-refractivity contribution >= 4 is 11.7 Å². The van der Waals surface area contributed by atoms with Crippen molar-refractivity contribution in [1.29, 1.82) is 0 Å². The molecule has 0 saturated carbocycles. The van der Waals surface area contributed by atoms with E-state index in [0.29, 0.717) is 0 Å². The molecule has 1 aromatic heterocycles. The number of anilines is 1. The van der Waals surface area contributed by atoms with Crippen molar-refractivity contribution < 1.29 is 4.79 Å². The number of hydrogen-bond donors (Lipinski definition) is 1. The first-order valence-electron chi connectivity index (χ1n) is 8.54. The zero-order chi connectivity index (χ0) is 16.5. The molecule has 0 saturated heterocycles. The van der Waals surface area contributed by atoms with Crippen molar-refractivity contribution in [2.24, 2.45) is 0 Å². The molecule has 0 unspecified atom stereocenters. The number of rotatable bonds is 8. The zero-order valence-electron chi connectivity index (χ0n) is 14.2.